The molecule has 0 N–H and O–H groups in total. The quantitative estimate of drug-likeness (QED) is 0.579. The Balaban J connectivity index is 1.42. The first-order valence-electron chi connectivity index (χ1n) is 10.7. The van der Waals surface area contributed by atoms with Crippen molar-refractivity contribution in [2.24, 2.45) is 5.92 Å². The third kappa shape index (κ3) is 5.06. The van der Waals surface area contributed by atoms with E-state index >= 15 is 0 Å². The van der Waals surface area contributed by atoms with Crippen molar-refractivity contribution in [2.45, 2.75) is 24.8 Å². The molecule has 2 saturated heterocycles. The van der Waals surface area contributed by atoms with Gasteiger partial charge >= 0.3 is 6.36 Å². The number of carbonyl (C=O) groups excluding carboxylic acids is 1. The number of nitrogens with zero attached hydrogens (tertiary/aromatic N) is 2. The molecule has 2 unspecified atom stereocenters. The van der Waals surface area contributed by atoms with Gasteiger partial charge < -0.3 is 19.1 Å². The number of hydrogen-bond acceptors (Lipinski definition) is 6. The summed E-state index contributed by atoms with van der Waals surface area (Å²) >= 11 is 0. The van der Waals surface area contributed by atoms with E-state index in [0.29, 0.717) is 31.7 Å². The summed E-state index contributed by atoms with van der Waals surface area (Å²) in [5.41, 5.74) is 0.846. The molecule has 2 aromatic rings. The number of methoxy groups -OCH3 is 1. The molecule has 10 heteroatoms. The maximum atomic E-state index is 13.2. The Morgan fingerprint density at radius 2 is 2.09 bits per heavy atom. The van der Waals surface area contributed by atoms with Crippen LogP contribution >= 0.6 is 0 Å². The molecule has 2 fully saturated rings. The topological polar surface area (TPSA) is 70.1 Å². The van der Waals surface area contributed by atoms with Gasteiger partial charge in [-0.25, -0.2) is 0 Å². The lowest BCUT2D eigenvalue weighted by molar-refractivity contribution is -0.325. The van der Waals surface area contributed by atoms with E-state index in [4.69, 9.17) is 14.2 Å². The van der Waals surface area contributed by atoms with E-state index in [2.05, 4.69) is 9.72 Å². The number of amides is 1. The van der Waals surface area contributed by atoms with Crippen LogP contribution in [0.4, 0.5) is 13.2 Å². The van der Waals surface area contributed by atoms with Crippen molar-refractivity contribution in [3.63, 3.8) is 0 Å². The summed E-state index contributed by atoms with van der Waals surface area (Å²) in [7, 11) is 1.40. The van der Waals surface area contributed by atoms with Crippen LogP contribution in [0.1, 0.15) is 28.9 Å². The Kier molecular flexibility index (Phi) is 6.76. The first-order chi connectivity index (χ1) is 15.8. The van der Waals surface area contributed by atoms with E-state index in [1.807, 2.05) is 18.2 Å². The molecule has 1 aromatic heterocycles. The van der Waals surface area contributed by atoms with Gasteiger partial charge in [-0.3, -0.25) is 14.5 Å². The Morgan fingerprint density at radius 3 is 2.82 bits per heavy atom. The number of ether oxygens (including phenoxy) is 4. The highest BCUT2D eigenvalue weighted by Crippen LogP contribution is 2.46. The Labute approximate surface area is 189 Å². The average Bonchev–Trinajstić information content (AvgIpc) is 3.26. The summed E-state index contributed by atoms with van der Waals surface area (Å²) in [6.45, 7) is 0.725. The number of carbonyl (C=O) groups is 1. The lowest BCUT2D eigenvalue weighted by Gasteiger charge is -2.42. The van der Waals surface area contributed by atoms with Gasteiger partial charge in [-0.2, -0.15) is 0 Å². The van der Waals surface area contributed by atoms with Crippen molar-refractivity contribution in [3.8, 4) is 11.5 Å². The molecular weight excluding hydrogens is 441 g/mol. The second-order valence-corrected chi connectivity index (χ2v) is 7.95. The average molecular weight is 466 g/mol. The fourth-order valence-electron chi connectivity index (χ4n) is 4.53. The molecule has 0 saturated carbocycles. The van der Waals surface area contributed by atoms with Gasteiger partial charge in [-0.1, -0.05) is 6.07 Å². The molecule has 0 radical (unpaired) electrons. The number of rotatable bonds is 7. The van der Waals surface area contributed by atoms with Crippen LogP contribution < -0.4 is 9.47 Å². The minimum absolute atomic E-state index is 0.142. The van der Waals surface area contributed by atoms with Crippen LogP contribution in [0.15, 0.2) is 42.6 Å². The molecule has 33 heavy (non-hydrogen) atoms. The van der Waals surface area contributed by atoms with Crippen LogP contribution in [0, 0.1) is 5.92 Å². The molecular formula is C23H25F3N2O5. The fourth-order valence-corrected chi connectivity index (χ4v) is 4.53. The monoisotopic (exact) mass is 466 g/mol. The third-order valence-corrected chi connectivity index (χ3v) is 6.08. The zero-order valence-corrected chi connectivity index (χ0v) is 18.1. The molecule has 1 aromatic carbocycles. The third-order valence-electron chi connectivity index (χ3n) is 6.08. The summed E-state index contributed by atoms with van der Waals surface area (Å²) in [5, 5.41) is 0. The number of pyridine rings is 1. The minimum atomic E-state index is -4.71. The Morgan fingerprint density at radius 1 is 1.24 bits per heavy atom. The van der Waals surface area contributed by atoms with Crippen LogP contribution in [0.25, 0.3) is 0 Å². The predicted molar refractivity (Wildman–Crippen MR) is 111 cm³/mol. The van der Waals surface area contributed by atoms with Gasteiger partial charge in [0, 0.05) is 43.8 Å². The van der Waals surface area contributed by atoms with Gasteiger partial charge in [0.2, 0.25) is 0 Å². The first kappa shape index (κ1) is 23.3. The Bertz CT molecular complexity index is 972. The van der Waals surface area contributed by atoms with Gasteiger partial charge in [0.25, 0.3) is 5.91 Å². The second kappa shape index (κ2) is 9.56. The van der Waals surface area contributed by atoms with Gasteiger partial charge in [0.15, 0.2) is 11.5 Å². The van der Waals surface area contributed by atoms with Gasteiger partial charge in [0.05, 0.1) is 19.4 Å². The van der Waals surface area contributed by atoms with Crippen molar-refractivity contribution >= 4 is 5.91 Å². The summed E-state index contributed by atoms with van der Waals surface area (Å²) in [4.78, 5) is 19.5. The fraction of sp³-hybridized carbons (Fsp3) is 0.478. The van der Waals surface area contributed by atoms with Crippen molar-refractivity contribution in [1.82, 2.24) is 9.88 Å². The van der Waals surface area contributed by atoms with Crippen molar-refractivity contribution < 1.29 is 36.9 Å². The smallest absolute Gasteiger partial charge is 0.493 e. The number of aromatic nitrogens is 1. The first-order valence-corrected chi connectivity index (χ1v) is 10.7. The van der Waals surface area contributed by atoms with Crippen LogP contribution in [0.3, 0.4) is 0 Å². The van der Waals surface area contributed by atoms with Crippen LogP contribution in [0.5, 0.6) is 11.5 Å². The van der Waals surface area contributed by atoms with Crippen molar-refractivity contribution in [1.29, 1.82) is 0 Å². The zero-order valence-electron chi connectivity index (χ0n) is 18.1. The maximum absolute atomic E-state index is 13.2. The number of alkyl halides is 3. The second-order valence-electron chi connectivity index (χ2n) is 7.95. The van der Waals surface area contributed by atoms with E-state index in [9.17, 15) is 18.0 Å². The Hall–Kier alpha value is -2.85. The molecule has 0 aliphatic carbocycles. The van der Waals surface area contributed by atoms with Crippen LogP contribution in [-0.2, 0) is 15.1 Å². The lowest BCUT2D eigenvalue weighted by atomic mass is 9.78. The molecule has 178 valence electrons. The number of benzene rings is 1. The predicted octanol–water partition coefficient (Wildman–Crippen LogP) is 3.78. The lowest BCUT2D eigenvalue weighted by Crippen LogP contribution is -2.50. The van der Waals surface area contributed by atoms with Gasteiger partial charge in [-0.15, -0.1) is 13.2 Å². The molecule has 2 atom stereocenters. The van der Waals surface area contributed by atoms with Crippen molar-refractivity contribution in [2.75, 3.05) is 40.0 Å². The SMILES string of the molecule is COc1cc(C(=O)N2CCC3(c4ccccn4)OCCC3C2)ccc1OCCOC(F)(F)F. The van der Waals surface area contributed by atoms with E-state index in [-0.39, 0.29) is 29.9 Å². The van der Waals surface area contributed by atoms with E-state index in [0.717, 1.165) is 12.1 Å². The molecule has 2 aliphatic heterocycles. The number of fused-ring (bicyclic) bond motifs is 1. The highest BCUT2D eigenvalue weighted by atomic mass is 19.4. The molecule has 4 rings (SSSR count). The maximum Gasteiger partial charge on any atom is 0.522 e. The summed E-state index contributed by atoms with van der Waals surface area (Å²) in [5.74, 6) is 0.485. The zero-order chi connectivity index (χ0) is 23.5. The molecule has 7 nitrogen and oxygen atoms in total. The van der Waals surface area contributed by atoms with Gasteiger partial charge in [0.1, 0.15) is 12.2 Å². The number of halogens is 3. The standard InChI is InChI=1S/C23H25F3N2O5/c1-30-19-14-16(5-6-18(19)31-12-13-33-23(24,25)26)21(29)28-10-8-22(17(15-28)7-11-32-22)20-4-2-3-9-27-20/h2-6,9,14,17H,7-8,10-13,15H2,1H3. The van der Waals surface area contributed by atoms with E-state index in [1.54, 1.807) is 17.2 Å². The highest BCUT2D eigenvalue weighted by molar-refractivity contribution is 5.95. The normalized spacial score (nSPS) is 22.7. The molecule has 3 heterocycles. The summed E-state index contributed by atoms with van der Waals surface area (Å²) in [6, 6.07) is 10.4. The largest absolute Gasteiger partial charge is 0.522 e. The van der Waals surface area contributed by atoms with E-state index < -0.39 is 18.6 Å². The number of likely N-dealkylation sites (tertiary alicyclic amines) is 1. The molecule has 0 bridgehead atoms. The summed E-state index contributed by atoms with van der Waals surface area (Å²) in [6.07, 6.45) is -1.46. The molecule has 1 amide bonds. The van der Waals surface area contributed by atoms with Crippen LogP contribution in [-0.4, -0.2) is 62.2 Å². The summed E-state index contributed by atoms with van der Waals surface area (Å²) < 4.78 is 56.7. The van der Waals surface area contributed by atoms with Gasteiger partial charge in [-0.05, 0) is 36.8 Å². The number of piperidine rings is 1. The van der Waals surface area contributed by atoms with Crippen molar-refractivity contribution in [3.05, 3.63) is 53.9 Å². The van der Waals surface area contributed by atoms with Crippen LogP contribution in [0.2, 0.25) is 0 Å². The minimum Gasteiger partial charge on any atom is -0.493 e. The molecule has 0 spiro atoms. The molecule has 2 aliphatic rings. The van der Waals surface area contributed by atoms with E-state index in [1.165, 1.54) is 19.2 Å². The highest BCUT2D eigenvalue weighted by Gasteiger charge is 2.50. The number of hydrogen-bond donors (Lipinski definition) is 0.